The van der Waals surface area contributed by atoms with Crippen LogP contribution in [-0.2, 0) is 11.2 Å². The fourth-order valence-corrected chi connectivity index (χ4v) is 3.68. The minimum atomic E-state index is -0.481. The summed E-state index contributed by atoms with van der Waals surface area (Å²) in [4.78, 5) is 29.3. The lowest BCUT2D eigenvalue weighted by Crippen LogP contribution is -2.50. The highest BCUT2D eigenvalue weighted by molar-refractivity contribution is 6.07. The van der Waals surface area contributed by atoms with Crippen LogP contribution in [0.3, 0.4) is 0 Å². The zero-order valence-electron chi connectivity index (χ0n) is 16.6. The number of Topliss-reactive ketones (excluding diaryl/α,β-unsaturated/α-hetero) is 1. The average molecular weight is 358 g/mol. The van der Waals surface area contributed by atoms with Gasteiger partial charge in [-0.05, 0) is 45.2 Å². The Labute approximate surface area is 156 Å². The number of ether oxygens (including phenoxy) is 1. The predicted octanol–water partition coefficient (Wildman–Crippen LogP) is 3.90. The zero-order valence-corrected chi connectivity index (χ0v) is 16.6. The summed E-state index contributed by atoms with van der Waals surface area (Å²) in [5.74, 6) is 0.240. The molecular formula is C21H30N2O3. The number of piperazine rings is 1. The molecule has 2 aliphatic rings. The van der Waals surface area contributed by atoms with E-state index in [2.05, 4.69) is 11.0 Å². The minimum Gasteiger partial charge on any atom is -0.444 e. The fraction of sp³-hybridized carbons (Fsp3) is 0.619. The third kappa shape index (κ3) is 3.71. The van der Waals surface area contributed by atoms with Crippen molar-refractivity contribution in [1.29, 1.82) is 0 Å². The first kappa shape index (κ1) is 18.7. The van der Waals surface area contributed by atoms with Crippen LogP contribution in [0.4, 0.5) is 10.5 Å². The summed E-state index contributed by atoms with van der Waals surface area (Å²) in [5.41, 5.74) is 2.27. The topological polar surface area (TPSA) is 49.9 Å². The monoisotopic (exact) mass is 358 g/mol. The van der Waals surface area contributed by atoms with Gasteiger partial charge in [-0.25, -0.2) is 4.79 Å². The summed E-state index contributed by atoms with van der Waals surface area (Å²) in [6, 6.07) is 6.16. The second-order valence-electron chi connectivity index (χ2n) is 8.98. The Hall–Kier alpha value is -2.04. The molecule has 0 spiro atoms. The van der Waals surface area contributed by atoms with E-state index in [0.717, 1.165) is 29.7 Å². The standard InChI is InChI=1S/C21H30N2O3/c1-20(2,3)26-19(25)23-13-11-22(12-14-23)16-8-6-7-15-9-10-21(4,5)18(24)17(15)16/h6-8H,9-14H2,1-5H3. The molecule has 0 radical (unpaired) electrons. The second kappa shape index (κ2) is 6.60. The maximum atomic E-state index is 13.0. The third-order valence-electron chi connectivity index (χ3n) is 5.26. The normalized spacial score (nSPS) is 20.0. The molecule has 1 aliphatic carbocycles. The van der Waals surface area contributed by atoms with Gasteiger partial charge in [0.25, 0.3) is 0 Å². The van der Waals surface area contributed by atoms with Crippen LogP contribution in [0.2, 0.25) is 0 Å². The number of hydrogen-bond acceptors (Lipinski definition) is 4. The van der Waals surface area contributed by atoms with Crippen LogP contribution in [0, 0.1) is 5.41 Å². The SMILES string of the molecule is CC(C)(C)OC(=O)N1CCN(c2cccc3c2C(=O)C(C)(C)CC3)CC1. The molecule has 0 unspecified atom stereocenters. The van der Waals surface area contributed by atoms with Crippen LogP contribution >= 0.6 is 0 Å². The van der Waals surface area contributed by atoms with E-state index in [1.54, 1.807) is 4.90 Å². The number of aryl methyl sites for hydroxylation is 1. The van der Waals surface area contributed by atoms with Crippen molar-refractivity contribution >= 4 is 17.6 Å². The number of amides is 1. The maximum absolute atomic E-state index is 13.0. The van der Waals surface area contributed by atoms with E-state index in [9.17, 15) is 9.59 Å². The van der Waals surface area contributed by atoms with Gasteiger partial charge >= 0.3 is 6.09 Å². The molecular weight excluding hydrogens is 328 g/mol. The molecule has 142 valence electrons. The Morgan fingerprint density at radius 3 is 2.38 bits per heavy atom. The Morgan fingerprint density at radius 2 is 1.77 bits per heavy atom. The van der Waals surface area contributed by atoms with Crippen molar-refractivity contribution in [2.75, 3.05) is 31.1 Å². The Kier molecular flexibility index (Phi) is 4.76. The summed E-state index contributed by atoms with van der Waals surface area (Å²) >= 11 is 0. The summed E-state index contributed by atoms with van der Waals surface area (Å²) < 4.78 is 5.47. The van der Waals surface area contributed by atoms with Gasteiger partial charge in [-0.15, -0.1) is 0 Å². The molecule has 0 saturated carbocycles. The molecule has 0 atom stereocenters. The van der Waals surface area contributed by atoms with Gasteiger partial charge < -0.3 is 14.5 Å². The molecule has 0 N–H and O–H groups in total. The third-order valence-corrected chi connectivity index (χ3v) is 5.26. The highest BCUT2D eigenvalue weighted by atomic mass is 16.6. The molecule has 1 aliphatic heterocycles. The fourth-order valence-electron chi connectivity index (χ4n) is 3.68. The molecule has 26 heavy (non-hydrogen) atoms. The van der Waals surface area contributed by atoms with Crippen LogP contribution in [-0.4, -0.2) is 48.6 Å². The molecule has 1 saturated heterocycles. The first-order valence-electron chi connectivity index (χ1n) is 9.48. The molecule has 1 aromatic carbocycles. The molecule has 1 fully saturated rings. The van der Waals surface area contributed by atoms with E-state index < -0.39 is 5.60 Å². The van der Waals surface area contributed by atoms with Gasteiger partial charge in [0, 0.05) is 42.8 Å². The van der Waals surface area contributed by atoms with Crippen LogP contribution < -0.4 is 4.90 Å². The van der Waals surface area contributed by atoms with Crippen molar-refractivity contribution in [1.82, 2.24) is 4.90 Å². The van der Waals surface area contributed by atoms with E-state index >= 15 is 0 Å². The van der Waals surface area contributed by atoms with Crippen molar-refractivity contribution in [2.45, 2.75) is 53.1 Å². The zero-order chi connectivity index (χ0) is 19.1. The lowest BCUT2D eigenvalue weighted by Gasteiger charge is -2.39. The number of nitrogens with zero attached hydrogens (tertiary/aromatic N) is 2. The number of ketones is 1. The average Bonchev–Trinajstić information content (AvgIpc) is 2.57. The van der Waals surface area contributed by atoms with Crippen molar-refractivity contribution < 1.29 is 14.3 Å². The number of anilines is 1. The second-order valence-corrected chi connectivity index (χ2v) is 8.98. The first-order valence-corrected chi connectivity index (χ1v) is 9.48. The van der Waals surface area contributed by atoms with Gasteiger partial charge in [0.2, 0.25) is 0 Å². The molecule has 1 amide bonds. The van der Waals surface area contributed by atoms with E-state index in [1.165, 1.54) is 0 Å². The van der Waals surface area contributed by atoms with Crippen molar-refractivity contribution in [3.05, 3.63) is 29.3 Å². The van der Waals surface area contributed by atoms with Crippen molar-refractivity contribution in [3.8, 4) is 0 Å². The van der Waals surface area contributed by atoms with Crippen LogP contribution in [0.25, 0.3) is 0 Å². The Balaban J connectivity index is 1.75. The van der Waals surface area contributed by atoms with Crippen LogP contribution in [0.1, 0.15) is 57.0 Å². The molecule has 0 bridgehead atoms. The number of benzene rings is 1. The number of hydrogen-bond donors (Lipinski definition) is 0. The van der Waals surface area contributed by atoms with Gasteiger partial charge in [0.1, 0.15) is 5.60 Å². The Bertz CT molecular complexity index is 710. The van der Waals surface area contributed by atoms with E-state index in [-0.39, 0.29) is 17.3 Å². The van der Waals surface area contributed by atoms with E-state index in [1.807, 2.05) is 46.8 Å². The van der Waals surface area contributed by atoms with Gasteiger partial charge in [-0.2, -0.15) is 0 Å². The van der Waals surface area contributed by atoms with Crippen LogP contribution in [0.15, 0.2) is 18.2 Å². The largest absolute Gasteiger partial charge is 0.444 e. The predicted molar refractivity (Wildman–Crippen MR) is 103 cm³/mol. The van der Waals surface area contributed by atoms with Crippen molar-refractivity contribution in [2.24, 2.45) is 5.41 Å². The van der Waals surface area contributed by atoms with Gasteiger partial charge in [0.15, 0.2) is 5.78 Å². The highest BCUT2D eigenvalue weighted by Gasteiger charge is 2.37. The van der Waals surface area contributed by atoms with Crippen LogP contribution in [0.5, 0.6) is 0 Å². The maximum Gasteiger partial charge on any atom is 0.410 e. The smallest absolute Gasteiger partial charge is 0.410 e. The summed E-state index contributed by atoms with van der Waals surface area (Å²) in [7, 11) is 0. The number of fused-ring (bicyclic) bond motifs is 1. The quantitative estimate of drug-likeness (QED) is 0.764. The highest BCUT2D eigenvalue weighted by Crippen LogP contribution is 2.39. The molecule has 5 nitrogen and oxygen atoms in total. The molecule has 0 aromatic heterocycles. The molecule has 3 rings (SSSR count). The number of carbonyl (C=O) groups is 2. The Morgan fingerprint density at radius 1 is 1.12 bits per heavy atom. The van der Waals surface area contributed by atoms with E-state index in [0.29, 0.717) is 26.2 Å². The lowest BCUT2D eigenvalue weighted by atomic mass is 9.72. The molecule has 1 heterocycles. The summed E-state index contributed by atoms with van der Waals surface area (Å²) in [5, 5.41) is 0. The van der Waals surface area contributed by atoms with Gasteiger partial charge in [0.05, 0.1) is 0 Å². The summed E-state index contributed by atoms with van der Waals surface area (Å²) in [6.45, 7) is 12.4. The summed E-state index contributed by atoms with van der Waals surface area (Å²) in [6.07, 6.45) is 1.58. The molecule has 1 aromatic rings. The van der Waals surface area contributed by atoms with Gasteiger partial charge in [-0.3, -0.25) is 4.79 Å². The molecule has 5 heteroatoms. The lowest BCUT2D eigenvalue weighted by molar-refractivity contribution is 0.0240. The minimum absolute atomic E-state index is 0.240. The number of rotatable bonds is 1. The number of carbonyl (C=O) groups excluding carboxylic acids is 2. The van der Waals surface area contributed by atoms with E-state index in [4.69, 9.17) is 4.74 Å². The van der Waals surface area contributed by atoms with Crippen molar-refractivity contribution in [3.63, 3.8) is 0 Å². The van der Waals surface area contributed by atoms with Gasteiger partial charge in [-0.1, -0.05) is 26.0 Å². The first-order chi connectivity index (χ1) is 12.1.